The molecule has 0 spiro atoms. The standard InChI is InChI=1S/C8H11BrN2O/c1-5(2)12-8-7(10)3-6(9)4-11-8/h3-5H,10H2,1-2H3. The van der Waals surface area contributed by atoms with E-state index in [0.717, 1.165) is 4.47 Å². The minimum Gasteiger partial charge on any atom is -0.473 e. The van der Waals surface area contributed by atoms with Gasteiger partial charge >= 0.3 is 0 Å². The molecule has 0 bridgehead atoms. The summed E-state index contributed by atoms with van der Waals surface area (Å²) in [4.78, 5) is 4.02. The largest absolute Gasteiger partial charge is 0.473 e. The molecule has 0 fully saturated rings. The van der Waals surface area contributed by atoms with Gasteiger partial charge in [-0.2, -0.15) is 0 Å². The molecule has 1 aromatic rings. The van der Waals surface area contributed by atoms with E-state index in [9.17, 15) is 0 Å². The summed E-state index contributed by atoms with van der Waals surface area (Å²) in [5.41, 5.74) is 6.21. The van der Waals surface area contributed by atoms with E-state index in [4.69, 9.17) is 10.5 Å². The normalized spacial score (nSPS) is 10.3. The molecule has 2 N–H and O–H groups in total. The fourth-order valence-electron chi connectivity index (χ4n) is 0.764. The molecule has 0 amide bonds. The van der Waals surface area contributed by atoms with Gasteiger partial charge in [0.2, 0.25) is 5.88 Å². The summed E-state index contributed by atoms with van der Waals surface area (Å²) in [6.07, 6.45) is 1.76. The van der Waals surface area contributed by atoms with Crippen molar-refractivity contribution >= 4 is 21.6 Å². The molecule has 1 rings (SSSR count). The van der Waals surface area contributed by atoms with Crippen molar-refractivity contribution in [3.05, 3.63) is 16.7 Å². The van der Waals surface area contributed by atoms with E-state index >= 15 is 0 Å². The molecule has 3 nitrogen and oxygen atoms in total. The van der Waals surface area contributed by atoms with Crippen molar-refractivity contribution in [2.24, 2.45) is 0 Å². The zero-order valence-electron chi connectivity index (χ0n) is 7.04. The van der Waals surface area contributed by atoms with E-state index in [2.05, 4.69) is 20.9 Å². The molecule has 0 saturated heterocycles. The predicted octanol–water partition coefficient (Wildman–Crippen LogP) is 2.21. The van der Waals surface area contributed by atoms with Crippen LogP contribution in [0.4, 0.5) is 5.69 Å². The fraction of sp³-hybridized carbons (Fsp3) is 0.375. The Morgan fingerprint density at radius 3 is 2.75 bits per heavy atom. The Hall–Kier alpha value is -0.770. The molecule has 0 aliphatic rings. The average molecular weight is 231 g/mol. The van der Waals surface area contributed by atoms with Crippen LogP contribution in [0, 0.1) is 0 Å². The van der Waals surface area contributed by atoms with Crippen LogP contribution >= 0.6 is 15.9 Å². The molecule has 4 heteroatoms. The molecular formula is C8H11BrN2O. The van der Waals surface area contributed by atoms with Crippen molar-refractivity contribution < 1.29 is 4.74 Å². The molecule has 0 radical (unpaired) electrons. The van der Waals surface area contributed by atoms with Gasteiger partial charge in [-0.05, 0) is 35.8 Å². The predicted molar refractivity (Wildman–Crippen MR) is 52.1 cm³/mol. The maximum atomic E-state index is 5.65. The minimum absolute atomic E-state index is 0.0981. The number of halogens is 1. The Labute approximate surface area is 80.1 Å². The highest BCUT2D eigenvalue weighted by atomic mass is 79.9. The summed E-state index contributed by atoms with van der Waals surface area (Å²) >= 11 is 3.26. The first-order valence-electron chi connectivity index (χ1n) is 3.67. The molecule has 0 saturated carbocycles. The second-order valence-electron chi connectivity index (χ2n) is 2.71. The van der Waals surface area contributed by atoms with Crippen molar-refractivity contribution in [1.82, 2.24) is 4.98 Å². The smallest absolute Gasteiger partial charge is 0.237 e. The van der Waals surface area contributed by atoms with Crippen LogP contribution in [0.3, 0.4) is 0 Å². The van der Waals surface area contributed by atoms with Gasteiger partial charge < -0.3 is 10.5 Å². The lowest BCUT2D eigenvalue weighted by Crippen LogP contribution is -2.08. The van der Waals surface area contributed by atoms with Crippen molar-refractivity contribution in [1.29, 1.82) is 0 Å². The maximum absolute atomic E-state index is 5.65. The van der Waals surface area contributed by atoms with Gasteiger partial charge in [0.1, 0.15) is 0 Å². The number of nitrogens with two attached hydrogens (primary N) is 1. The number of pyridine rings is 1. The van der Waals surface area contributed by atoms with Crippen LogP contribution in [0.1, 0.15) is 13.8 Å². The fourth-order valence-corrected chi connectivity index (χ4v) is 1.11. The number of anilines is 1. The van der Waals surface area contributed by atoms with Crippen molar-refractivity contribution in [2.45, 2.75) is 20.0 Å². The van der Waals surface area contributed by atoms with Gasteiger partial charge in [0, 0.05) is 10.7 Å². The molecular weight excluding hydrogens is 220 g/mol. The van der Waals surface area contributed by atoms with E-state index in [1.54, 1.807) is 12.3 Å². The summed E-state index contributed by atoms with van der Waals surface area (Å²) in [6, 6.07) is 1.77. The van der Waals surface area contributed by atoms with E-state index in [-0.39, 0.29) is 6.10 Å². The quantitative estimate of drug-likeness (QED) is 0.848. The number of nitrogens with zero attached hydrogens (tertiary/aromatic N) is 1. The van der Waals surface area contributed by atoms with Crippen LogP contribution in [0.25, 0.3) is 0 Å². The number of aromatic nitrogens is 1. The Balaban J connectivity index is 2.86. The van der Waals surface area contributed by atoms with Crippen LogP contribution in [-0.2, 0) is 0 Å². The van der Waals surface area contributed by atoms with E-state index in [0.29, 0.717) is 11.6 Å². The lowest BCUT2D eigenvalue weighted by Gasteiger charge is -2.10. The molecule has 0 atom stereocenters. The van der Waals surface area contributed by atoms with Crippen LogP contribution in [0.15, 0.2) is 16.7 Å². The van der Waals surface area contributed by atoms with Gasteiger partial charge in [0.25, 0.3) is 0 Å². The van der Waals surface area contributed by atoms with Crippen molar-refractivity contribution in [3.63, 3.8) is 0 Å². The number of nitrogen functional groups attached to an aromatic ring is 1. The highest BCUT2D eigenvalue weighted by Gasteiger charge is 2.03. The lowest BCUT2D eigenvalue weighted by molar-refractivity contribution is 0.234. The van der Waals surface area contributed by atoms with E-state index < -0.39 is 0 Å². The molecule has 0 aliphatic carbocycles. The molecule has 12 heavy (non-hydrogen) atoms. The minimum atomic E-state index is 0.0981. The zero-order valence-corrected chi connectivity index (χ0v) is 8.63. The molecule has 1 aromatic heterocycles. The molecule has 66 valence electrons. The molecule has 1 heterocycles. The van der Waals surface area contributed by atoms with Crippen LogP contribution in [0.2, 0.25) is 0 Å². The Morgan fingerprint density at radius 2 is 2.25 bits per heavy atom. The summed E-state index contributed by atoms with van der Waals surface area (Å²) in [5, 5.41) is 0. The van der Waals surface area contributed by atoms with Gasteiger partial charge in [0.05, 0.1) is 11.8 Å². The van der Waals surface area contributed by atoms with E-state index in [1.165, 1.54) is 0 Å². The van der Waals surface area contributed by atoms with Gasteiger partial charge in [-0.1, -0.05) is 0 Å². The summed E-state index contributed by atoms with van der Waals surface area (Å²) < 4.78 is 6.20. The summed E-state index contributed by atoms with van der Waals surface area (Å²) in [7, 11) is 0. The Morgan fingerprint density at radius 1 is 1.58 bits per heavy atom. The topological polar surface area (TPSA) is 48.1 Å². The van der Waals surface area contributed by atoms with Crippen molar-refractivity contribution in [3.8, 4) is 5.88 Å². The molecule has 0 aliphatic heterocycles. The van der Waals surface area contributed by atoms with Gasteiger partial charge in [-0.15, -0.1) is 0 Å². The van der Waals surface area contributed by atoms with Gasteiger partial charge in [0.15, 0.2) is 0 Å². The first-order valence-corrected chi connectivity index (χ1v) is 4.46. The second-order valence-corrected chi connectivity index (χ2v) is 3.63. The Kier molecular flexibility index (Phi) is 2.92. The van der Waals surface area contributed by atoms with Crippen LogP contribution in [-0.4, -0.2) is 11.1 Å². The van der Waals surface area contributed by atoms with E-state index in [1.807, 2.05) is 13.8 Å². The molecule has 0 aromatic carbocycles. The maximum Gasteiger partial charge on any atom is 0.237 e. The van der Waals surface area contributed by atoms with Gasteiger partial charge in [-0.3, -0.25) is 0 Å². The third-order valence-electron chi connectivity index (χ3n) is 1.19. The SMILES string of the molecule is CC(C)Oc1ncc(Br)cc1N. The van der Waals surface area contributed by atoms with Gasteiger partial charge in [-0.25, -0.2) is 4.98 Å². The third kappa shape index (κ3) is 2.37. The number of hydrogen-bond donors (Lipinski definition) is 1. The number of rotatable bonds is 2. The zero-order chi connectivity index (χ0) is 9.14. The third-order valence-corrected chi connectivity index (χ3v) is 1.63. The highest BCUT2D eigenvalue weighted by Crippen LogP contribution is 2.22. The summed E-state index contributed by atoms with van der Waals surface area (Å²) in [6.45, 7) is 3.87. The highest BCUT2D eigenvalue weighted by molar-refractivity contribution is 9.10. The summed E-state index contributed by atoms with van der Waals surface area (Å²) in [5.74, 6) is 0.494. The lowest BCUT2D eigenvalue weighted by atomic mass is 10.4. The first-order chi connectivity index (χ1) is 5.59. The monoisotopic (exact) mass is 230 g/mol. The van der Waals surface area contributed by atoms with Crippen LogP contribution < -0.4 is 10.5 Å². The number of hydrogen-bond acceptors (Lipinski definition) is 3. The Bertz CT molecular complexity index is 276. The first kappa shape index (κ1) is 9.32. The second kappa shape index (κ2) is 3.76. The average Bonchev–Trinajstić information content (AvgIpc) is 1.94. The van der Waals surface area contributed by atoms with Crippen molar-refractivity contribution in [2.75, 3.05) is 5.73 Å². The van der Waals surface area contributed by atoms with Crippen LogP contribution in [0.5, 0.6) is 5.88 Å². The molecule has 0 unspecified atom stereocenters. The number of ether oxygens (including phenoxy) is 1.